The van der Waals surface area contributed by atoms with Gasteiger partial charge in [0.2, 0.25) is 0 Å². The number of anilines is 2. The number of H-pyrrole nitrogens is 2. The van der Waals surface area contributed by atoms with Crippen molar-refractivity contribution in [2.75, 3.05) is 11.9 Å². The van der Waals surface area contributed by atoms with Gasteiger partial charge in [0.1, 0.15) is 23.5 Å². The summed E-state index contributed by atoms with van der Waals surface area (Å²) in [5.41, 5.74) is 2.42. The zero-order valence-corrected chi connectivity index (χ0v) is 13.9. The van der Waals surface area contributed by atoms with Gasteiger partial charge in [0.05, 0.1) is 22.2 Å². The molecule has 0 fully saturated rings. The van der Waals surface area contributed by atoms with Crippen molar-refractivity contribution in [3.8, 4) is 0 Å². The molecule has 4 aromatic rings. The van der Waals surface area contributed by atoms with E-state index in [1.807, 2.05) is 18.2 Å². The minimum atomic E-state index is -0.440. The fraction of sp³-hybridized carbons (Fsp3) is 0.125. The molecule has 0 radical (unpaired) electrons. The molecule has 3 aromatic heterocycles. The quantitative estimate of drug-likeness (QED) is 0.485. The van der Waals surface area contributed by atoms with Gasteiger partial charge in [0.25, 0.3) is 0 Å². The number of ether oxygens (including phenoxy) is 1. The Morgan fingerprint density at radius 2 is 2.16 bits per heavy atom. The molecule has 0 atom stereocenters. The predicted molar refractivity (Wildman–Crippen MR) is 95.6 cm³/mol. The molecule has 8 nitrogen and oxygen atoms in total. The summed E-state index contributed by atoms with van der Waals surface area (Å²) in [5, 5.41) is 3.87. The van der Waals surface area contributed by atoms with Crippen LogP contribution in [0.15, 0.2) is 35.4 Å². The average Bonchev–Trinajstić information content (AvgIpc) is 3.18. The summed E-state index contributed by atoms with van der Waals surface area (Å²) >= 11 is 1.14. The molecule has 1 aromatic carbocycles. The van der Waals surface area contributed by atoms with Crippen LogP contribution in [0, 0.1) is 0 Å². The number of aromatic amines is 2. The molecular formula is C16H13N5O3S. The van der Waals surface area contributed by atoms with Crippen molar-refractivity contribution in [2.24, 2.45) is 0 Å². The van der Waals surface area contributed by atoms with Crippen LogP contribution in [0.2, 0.25) is 0 Å². The first-order valence-corrected chi connectivity index (χ1v) is 8.36. The Balaban J connectivity index is 1.72. The molecule has 9 heteroatoms. The third-order valence-electron chi connectivity index (χ3n) is 3.60. The monoisotopic (exact) mass is 355 g/mol. The number of fused-ring (bicyclic) bond motifs is 2. The Kier molecular flexibility index (Phi) is 3.69. The Labute approximate surface area is 144 Å². The maximum atomic E-state index is 11.9. The number of nitrogens with zero attached hydrogens (tertiary/aromatic N) is 2. The molecule has 0 spiro atoms. The van der Waals surface area contributed by atoms with E-state index in [0.29, 0.717) is 29.2 Å². The number of thiazole rings is 1. The van der Waals surface area contributed by atoms with Gasteiger partial charge in [-0.2, -0.15) is 0 Å². The molecule has 0 saturated heterocycles. The number of rotatable bonds is 4. The van der Waals surface area contributed by atoms with Gasteiger partial charge in [-0.15, -0.1) is 0 Å². The van der Waals surface area contributed by atoms with E-state index in [0.717, 1.165) is 27.2 Å². The Morgan fingerprint density at radius 1 is 1.28 bits per heavy atom. The minimum absolute atomic E-state index is 0.0960. The lowest BCUT2D eigenvalue weighted by Crippen LogP contribution is -2.04. The lowest BCUT2D eigenvalue weighted by atomic mass is 10.3. The van der Waals surface area contributed by atoms with Crippen LogP contribution in [0.3, 0.4) is 0 Å². The van der Waals surface area contributed by atoms with E-state index in [-0.39, 0.29) is 4.87 Å². The molecule has 126 valence electrons. The van der Waals surface area contributed by atoms with Crippen LogP contribution in [0.25, 0.3) is 21.3 Å². The van der Waals surface area contributed by atoms with Crippen molar-refractivity contribution in [2.45, 2.75) is 6.92 Å². The van der Waals surface area contributed by atoms with Crippen molar-refractivity contribution < 1.29 is 9.53 Å². The largest absolute Gasteiger partial charge is 0.461 e. The van der Waals surface area contributed by atoms with E-state index in [2.05, 4.69) is 25.3 Å². The predicted octanol–water partition coefficient (Wildman–Crippen LogP) is 2.78. The van der Waals surface area contributed by atoms with Gasteiger partial charge in [-0.05, 0) is 31.2 Å². The summed E-state index contributed by atoms with van der Waals surface area (Å²) < 4.78 is 5.84. The first-order chi connectivity index (χ1) is 12.1. The highest BCUT2D eigenvalue weighted by molar-refractivity contribution is 7.16. The number of hydrogen-bond donors (Lipinski definition) is 3. The SMILES string of the molecule is CCOC(=O)c1cc2c(Nc3ccc4[nH]c(=O)sc4c3)ncnc2[nH]1. The fourth-order valence-corrected chi connectivity index (χ4v) is 3.29. The molecular weight excluding hydrogens is 342 g/mol. The van der Waals surface area contributed by atoms with E-state index in [1.165, 1.54) is 6.33 Å². The van der Waals surface area contributed by atoms with Crippen molar-refractivity contribution in [1.82, 2.24) is 19.9 Å². The number of esters is 1. The van der Waals surface area contributed by atoms with Gasteiger partial charge in [0, 0.05) is 5.69 Å². The van der Waals surface area contributed by atoms with E-state index >= 15 is 0 Å². The molecule has 0 amide bonds. The second-order valence-corrected chi connectivity index (χ2v) is 6.25. The molecule has 0 bridgehead atoms. The van der Waals surface area contributed by atoms with E-state index in [1.54, 1.807) is 13.0 Å². The number of carbonyl (C=O) groups is 1. The highest BCUT2D eigenvalue weighted by Gasteiger charge is 2.14. The van der Waals surface area contributed by atoms with E-state index < -0.39 is 5.97 Å². The zero-order chi connectivity index (χ0) is 17.4. The number of nitrogens with one attached hydrogen (secondary N) is 3. The van der Waals surface area contributed by atoms with Gasteiger partial charge >= 0.3 is 10.8 Å². The van der Waals surface area contributed by atoms with E-state index in [4.69, 9.17) is 4.74 Å². The molecule has 0 aliphatic heterocycles. The maximum absolute atomic E-state index is 11.9. The Bertz CT molecular complexity index is 1140. The molecule has 0 aliphatic rings. The third-order valence-corrected chi connectivity index (χ3v) is 4.45. The third kappa shape index (κ3) is 2.85. The van der Waals surface area contributed by atoms with Crippen LogP contribution in [0.1, 0.15) is 17.4 Å². The minimum Gasteiger partial charge on any atom is -0.461 e. The molecule has 4 rings (SSSR count). The second-order valence-electron chi connectivity index (χ2n) is 5.24. The van der Waals surface area contributed by atoms with Crippen LogP contribution >= 0.6 is 11.3 Å². The van der Waals surface area contributed by atoms with Crippen molar-refractivity contribution in [3.05, 3.63) is 46.0 Å². The van der Waals surface area contributed by atoms with Gasteiger partial charge in [-0.3, -0.25) is 4.79 Å². The van der Waals surface area contributed by atoms with Crippen molar-refractivity contribution in [1.29, 1.82) is 0 Å². The average molecular weight is 355 g/mol. The number of aromatic nitrogens is 4. The first kappa shape index (κ1) is 15.3. The molecule has 25 heavy (non-hydrogen) atoms. The van der Waals surface area contributed by atoms with Crippen molar-refractivity contribution >= 4 is 50.1 Å². The van der Waals surface area contributed by atoms with Gasteiger partial charge in [0.15, 0.2) is 0 Å². The Morgan fingerprint density at radius 3 is 3.00 bits per heavy atom. The first-order valence-electron chi connectivity index (χ1n) is 7.55. The smallest absolute Gasteiger partial charge is 0.354 e. The zero-order valence-electron chi connectivity index (χ0n) is 13.1. The molecule has 3 heterocycles. The highest BCUT2D eigenvalue weighted by atomic mass is 32.1. The molecule has 0 aliphatic carbocycles. The second kappa shape index (κ2) is 6.02. The van der Waals surface area contributed by atoms with Crippen LogP contribution in [0.4, 0.5) is 11.5 Å². The summed E-state index contributed by atoms with van der Waals surface area (Å²) in [6.45, 7) is 2.04. The highest BCUT2D eigenvalue weighted by Crippen LogP contribution is 2.26. The molecule has 0 saturated carbocycles. The van der Waals surface area contributed by atoms with Crippen LogP contribution in [-0.2, 0) is 4.74 Å². The number of carbonyl (C=O) groups excluding carboxylic acids is 1. The molecule has 3 N–H and O–H groups in total. The number of benzene rings is 1. The number of hydrogen-bond acceptors (Lipinski definition) is 7. The maximum Gasteiger partial charge on any atom is 0.354 e. The van der Waals surface area contributed by atoms with E-state index in [9.17, 15) is 9.59 Å². The lowest BCUT2D eigenvalue weighted by Gasteiger charge is -2.06. The van der Waals surface area contributed by atoms with Gasteiger partial charge < -0.3 is 20.0 Å². The van der Waals surface area contributed by atoms with Crippen molar-refractivity contribution in [3.63, 3.8) is 0 Å². The molecule has 0 unspecified atom stereocenters. The summed E-state index contributed by atoms with van der Waals surface area (Å²) in [6.07, 6.45) is 1.41. The standard InChI is InChI=1S/C16H13N5O3S/c1-2-24-15(22)11-6-9-13(17-7-18-14(9)20-11)19-8-3-4-10-12(5-8)25-16(23)21-10/h3-7H,2H2,1H3,(H,21,23)(H2,17,18,19,20). The van der Waals surface area contributed by atoms with Crippen LogP contribution in [0.5, 0.6) is 0 Å². The summed E-state index contributed by atoms with van der Waals surface area (Å²) in [4.78, 5) is 37.3. The van der Waals surface area contributed by atoms with Gasteiger partial charge in [-0.25, -0.2) is 14.8 Å². The Hall–Kier alpha value is -3.20. The normalized spacial score (nSPS) is 11.1. The topological polar surface area (TPSA) is 113 Å². The summed E-state index contributed by atoms with van der Waals surface area (Å²) in [6, 6.07) is 7.20. The summed E-state index contributed by atoms with van der Waals surface area (Å²) in [7, 11) is 0. The fourth-order valence-electron chi connectivity index (χ4n) is 2.52. The van der Waals surface area contributed by atoms with Crippen LogP contribution in [-0.4, -0.2) is 32.5 Å². The summed E-state index contributed by atoms with van der Waals surface area (Å²) in [5.74, 6) is 0.115. The van der Waals surface area contributed by atoms with Gasteiger partial charge in [-0.1, -0.05) is 11.3 Å². The lowest BCUT2D eigenvalue weighted by molar-refractivity contribution is 0.0520. The van der Waals surface area contributed by atoms with Crippen LogP contribution < -0.4 is 10.2 Å².